The number of furan rings is 1. The fourth-order valence-corrected chi connectivity index (χ4v) is 1.43. The number of carbonyl (C=O) groups excluding carboxylic acids is 1. The summed E-state index contributed by atoms with van der Waals surface area (Å²) in [5.74, 6) is 0.548. The Morgan fingerprint density at radius 2 is 2.21 bits per heavy atom. The highest BCUT2D eigenvalue weighted by Gasteiger charge is 2.24. The van der Waals surface area contributed by atoms with Gasteiger partial charge in [0.2, 0.25) is 5.76 Å². The van der Waals surface area contributed by atoms with Gasteiger partial charge in [-0.2, -0.15) is 0 Å². The first-order chi connectivity index (χ1) is 8.86. The van der Waals surface area contributed by atoms with Gasteiger partial charge in [0, 0.05) is 6.54 Å². The first kappa shape index (κ1) is 15.7. The monoisotopic (exact) mass is 269 g/mol. The van der Waals surface area contributed by atoms with Crippen molar-refractivity contribution >= 4 is 5.97 Å². The molecule has 19 heavy (non-hydrogen) atoms. The molecule has 0 fully saturated rings. The fraction of sp³-hybridized carbons (Fsp3) is 0.643. The van der Waals surface area contributed by atoms with E-state index in [1.165, 1.54) is 0 Å². The van der Waals surface area contributed by atoms with Crippen molar-refractivity contribution in [1.29, 1.82) is 0 Å². The zero-order chi connectivity index (χ0) is 14.5. The van der Waals surface area contributed by atoms with E-state index in [1.807, 2.05) is 13.8 Å². The molecule has 5 heteroatoms. The van der Waals surface area contributed by atoms with E-state index in [2.05, 4.69) is 5.32 Å². The van der Waals surface area contributed by atoms with Crippen molar-refractivity contribution in [2.75, 3.05) is 13.2 Å². The minimum Gasteiger partial charge on any atom is -0.460 e. The molecule has 1 unspecified atom stereocenters. The Bertz CT molecular complexity index is 409. The summed E-state index contributed by atoms with van der Waals surface area (Å²) in [6.07, 6.45) is 0. The van der Waals surface area contributed by atoms with E-state index < -0.39 is 11.6 Å². The lowest BCUT2D eigenvalue weighted by Crippen LogP contribution is -2.41. The first-order valence-corrected chi connectivity index (χ1v) is 6.55. The number of hydrogen-bond acceptors (Lipinski definition) is 5. The third-order valence-electron chi connectivity index (χ3n) is 3.16. The number of aliphatic hydroxyl groups is 1. The number of ether oxygens (including phenoxy) is 1. The second-order valence-corrected chi connectivity index (χ2v) is 5.10. The molecule has 0 bridgehead atoms. The van der Waals surface area contributed by atoms with Crippen LogP contribution < -0.4 is 5.32 Å². The average molecular weight is 269 g/mol. The highest BCUT2D eigenvalue weighted by molar-refractivity contribution is 5.86. The highest BCUT2D eigenvalue weighted by atomic mass is 16.5. The third kappa shape index (κ3) is 4.69. The van der Waals surface area contributed by atoms with Crippen LogP contribution in [0.25, 0.3) is 0 Å². The molecular weight excluding hydrogens is 246 g/mol. The van der Waals surface area contributed by atoms with Gasteiger partial charge in [0.05, 0.1) is 18.8 Å². The Morgan fingerprint density at radius 3 is 2.79 bits per heavy atom. The molecular formula is C14H23NO4. The number of rotatable bonds is 7. The van der Waals surface area contributed by atoms with Crippen molar-refractivity contribution < 1.29 is 19.1 Å². The zero-order valence-electron chi connectivity index (χ0n) is 12.0. The van der Waals surface area contributed by atoms with Gasteiger partial charge < -0.3 is 19.6 Å². The maximum Gasteiger partial charge on any atom is 0.374 e. The molecule has 0 spiro atoms. The van der Waals surface area contributed by atoms with Gasteiger partial charge >= 0.3 is 5.97 Å². The smallest absolute Gasteiger partial charge is 0.374 e. The topological polar surface area (TPSA) is 71.7 Å². The molecule has 2 N–H and O–H groups in total. The highest BCUT2D eigenvalue weighted by Crippen LogP contribution is 2.15. The lowest BCUT2D eigenvalue weighted by Gasteiger charge is -2.27. The molecule has 0 aliphatic carbocycles. The van der Waals surface area contributed by atoms with Crippen LogP contribution in [-0.2, 0) is 11.3 Å². The van der Waals surface area contributed by atoms with Gasteiger partial charge in [-0.25, -0.2) is 4.79 Å². The van der Waals surface area contributed by atoms with Crippen LogP contribution in [0.15, 0.2) is 16.5 Å². The largest absolute Gasteiger partial charge is 0.460 e. The van der Waals surface area contributed by atoms with Gasteiger partial charge in [0.1, 0.15) is 5.76 Å². The number of esters is 1. The number of hydrogen-bond donors (Lipinski definition) is 2. The average Bonchev–Trinajstić information content (AvgIpc) is 2.77. The number of carbonyl (C=O) groups is 1. The van der Waals surface area contributed by atoms with E-state index in [-0.39, 0.29) is 11.7 Å². The van der Waals surface area contributed by atoms with E-state index in [4.69, 9.17) is 9.15 Å². The quantitative estimate of drug-likeness (QED) is 0.740. The Balaban J connectivity index is 2.45. The Hall–Kier alpha value is -1.33. The summed E-state index contributed by atoms with van der Waals surface area (Å²) in [5, 5.41) is 13.2. The summed E-state index contributed by atoms with van der Waals surface area (Å²) in [7, 11) is 0. The lowest BCUT2D eigenvalue weighted by atomic mass is 9.92. The maximum absolute atomic E-state index is 11.4. The fourth-order valence-electron chi connectivity index (χ4n) is 1.43. The standard InChI is InChI=1S/C14H23NO4/c1-5-18-13(16)12-7-6-11(19-12)8-15-9-14(4,17)10(2)3/h6-7,10,15,17H,5,8-9H2,1-4H3. The van der Waals surface area contributed by atoms with Crippen molar-refractivity contribution in [3.8, 4) is 0 Å². The van der Waals surface area contributed by atoms with Gasteiger partial charge in [-0.3, -0.25) is 0 Å². The minimum atomic E-state index is -0.767. The van der Waals surface area contributed by atoms with Crippen LogP contribution in [0.4, 0.5) is 0 Å². The van der Waals surface area contributed by atoms with Gasteiger partial charge in [0.25, 0.3) is 0 Å². The third-order valence-corrected chi connectivity index (χ3v) is 3.16. The van der Waals surface area contributed by atoms with E-state index in [1.54, 1.807) is 26.0 Å². The molecule has 1 aromatic heterocycles. The molecule has 5 nitrogen and oxygen atoms in total. The SMILES string of the molecule is CCOC(=O)c1ccc(CNCC(C)(O)C(C)C)o1. The molecule has 1 atom stereocenters. The predicted molar refractivity (Wildman–Crippen MR) is 71.8 cm³/mol. The maximum atomic E-state index is 11.4. The summed E-state index contributed by atoms with van der Waals surface area (Å²) in [6, 6.07) is 3.32. The molecule has 1 aromatic rings. The summed E-state index contributed by atoms with van der Waals surface area (Å²) >= 11 is 0. The molecule has 0 aliphatic rings. The van der Waals surface area contributed by atoms with Crippen LogP contribution in [0.5, 0.6) is 0 Å². The molecule has 0 amide bonds. The van der Waals surface area contributed by atoms with E-state index in [0.29, 0.717) is 25.5 Å². The molecule has 1 rings (SSSR count). The molecule has 1 heterocycles. The van der Waals surface area contributed by atoms with Crippen LogP contribution in [0, 0.1) is 5.92 Å². The summed E-state index contributed by atoms with van der Waals surface area (Å²) in [5.41, 5.74) is -0.767. The van der Waals surface area contributed by atoms with E-state index in [0.717, 1.165) is 0 Å². The van der Waals surface area contributed by atoms with Gasteiger partial charge in [0.15, 0.2) is 0 Å². The lowest BCUT2D eigenvalue weighted by molar-refractivity contribution is 0.0136. The minimum absolute atomic E-state index is 0.159. The summed E-state index contributed by atoms with van der Waals surface area (Å²) in [6.45, 7) is 8.71. The second-order valence-electron chi connectivity index (χ2n) is 5.10. The van der Waals surface area contributed by atoms with Gasteiger partial charge in [-0.05, 0) is 31.9 Å². The molecule has 0 saturated heterocycles. The van der Waals surface area contributed by atoms with E-state index >= 15 is 0 Å². The van der Waals surface area contributed by atoms with Crippen LogP contribution in [-0.4, -0.2) is 29.8 Å². The van der Waals surface area contributed by atoms with Crippen LogP contribution in [0.3, 0.4) is 0 Å². The Labute approximate surface area is 113 Å². The van der Waals surface area contributed by atoms with Gasteiger partial charge in [-0.1, -0.05) is 13.8 Å². The molecule has 0 aliphatic heterocycles. The van der Waals surface area contributed by atoms with Crippen molar-refractivity contribution in [3.05, 3.63) is 23.7 Å². The van der Waals surface area contributed by atoms with Crippen molar-refractivity contribution in [3.63, 3.8) is 0 Å². The molecule has 0 saturated carbocycles. The predicted octanol–water partition coefficient (Wildman–Crippen LogP) is 1.95. The molecule has 0 aromatic carbocycles. The summed E-state index contributed by atoms with van der Waals surface area (Å²) < 4.78 is 10.2. The zero-order valence-corrected chi connectivity index (χ0v) is 12.0. The van der Waals surface area contributed by atoms with Crippen molar-refractivity contribution in [2.45, 2.75) is 39.8 Å². The second kappa shape index (κ2) is 6.73. The van der Waals surface area contributed by atoms with Crippen LogP contribution in [0.1, 0.15) is 44.0 Å². The van der Waals surface area contributed by atoms with Gasteiger partial charge in [-0.15, -0.1) is 0 Å². The summed E-state index contributed by atoms with van der Waals surface area (Å²) in [4.78, 5) is 11.4. The van der Waals surface area contributed by atoms with Crippen LogP contribution >= 0.6 is 0 Å². The normalized spacial score (nSPS) is 14.4. The Morgan fingerprint density at radius 1 is 1.53 bits per heavy atom. The molecule has 0 radical (unpaired) electrons. The number of nitrogens with one attached hydrogen (secondary N) is 1. The molecule has 108 valence electrons. The Kier molecular flexibility index (Phi) is 5.57. The van der Waals surface area contributed by atoms with Crippen LogP contribution in [0.2, 0.25) is 0 Å². The first-order valence-electron chi connectivity index (χ1n) is 6.55. The van der Waals surface area contributed by atoms with E-state index in [9.17, 15) is 9.90 Å². The van der Waals surface area contributed by atoms with Crippen molar-refractivity contribution in [1.82, 2.24) is 5.32 Å². The van der Waals surface area contributed by atoms with Crippen molar-refractivity contribution in [2.24, 2.45) is 5.92 Å².